The van der Waals surface area contributed by atoms with Crippen LogP contribution in [0.25, 0.3) is 0 Å². The minimum Gasteiger partial charge on any atom is -0.345 e. The summed E-state index contributed by atoms with van der Waals surface area (Å²) in [5.74, 6) is -0.0251. The zero-order chi connectivity index (χ0) is 17.9. The smallest absolute Gasteiger partial charge is 0.255 e. The van der Waals surface area contributed by atoms with E-state index in [9.17, 15) is 4.79 Å². The molecule has 26 heavy (non-hydrogen) atoms. The molecule has 4 rings (SSSR count). The van der Waals surface area contributed by atoms with Gasteiger partial charge in [0, 0.05) is 0 Å². The third-order valence-corrected chi connectivity index (χ3v) is 5.14. The molecule has 3 aromatic rings. The molecule has 1 atom stereocenters. The highest BCUT2D eigenvalue weighted by atomic mass is 16.1. The molecule has 1 aliphatic rings. The first-order chi connectivity index (χ1) is 12.8. The van der Waals surface area contributed by atoms with Gasteiger partial charge >= 0.3 is 0 Å². The van der Waals surface area contributed by atoms with Gasteiger partial charge in [-0.05, 0) is 36.0 Å². The number of nitrogens with zero attached hydrogens (tertiary/aromatic N) is 2. The molecular weight excluding hydrogens is 322 g/mol. The van der Waals surface area contributed by atoms with Gasteiger partial charge in [0.05, 0.1) is 30.0 Å². The van der Waals surface area contributed by atoms with Gasteiger partial charge in [-0.1, -0.05) is 61.5 Å². The van der Waals surface area contributed by atoms with E-state index in [1.807, 2.05) is 28.9 Å². The molecule has 0 saturated heterocycles. The van der Waals surface area contributed by atoms with Crippen molar-refractivity contribution in [2.75, 3.05) is 0 Å². The first-order valence-corrected chi connectivity index (χ1v) is 9.23. The van der Waals surface area contributed by atoms with Crippen molar-refractivity contribution >= 4 is 5.91 Å². The van der Waals surface area contributed by atoms with Crippen molar-refractivity contribution in [3.63, 3.8) is 0 Å². The monoisotopic (exact) mass is 345 g/mol. The number of rotatable bonds is 5. The largest absolute Gasteiger partial charge is 0.345 e. The highest BCUT2D eigenvalue weighted by molar-refractivity contribution is 5.95. The van der Waals surface area contributed by atoms with Crippen molar-refractivity contribution in [1.29, 1.82) is 0 Å². The van der Waals surface area contributed by atoms with Gasteiger partial charge in [0.15, 0.2) is 0 Å². The Kier molecular flexibility index (Phi) is 4.57. The topological polar surface area (TPSA) is 46.9 Å². The summed E-state index contributed by atoms with van der Waals surface area (Å²) in [6.07, 6.45) is 4.47. The molecule has 1 unspecified atom stereocenters. The molecule has 0 aliphatic heterocycles. The van der Waals surface area contributed by atoms with E-state index in [1.54, 1.807) is 6.20 Å². The highest BCUT2D eigenvalue weighted by Gasteiger charge is 2.25. The predicted octanol–water partition coefficient (Wildman–Crippen LogP) is 3.91. The van der Waals surface area contributed by atoms with Crippen LogP contribution in [0, 0.1) is 0 Å². The van der Waals surface area contributed by atoms with Gasteiger partial charge in [-0.3, -0.25) is 9.48 Å². The average molecular weight is 345 g/mol. The van der Waals surface area contributed by atoms with Crippen molar-refractivity contribution in [2.45, 2.75) is 38.8 Å². The molecule has 1 N–H and O–H groups in total. The van der Waals surface area contributed by atoms with E-state index in [-0.39, 0.29) is 11.9 Å². The Morgan fingerprint density at radius 3 is 2.73 bits per heavy atom. The SMILES string of the molecule is CCc1c(C(=O)NC2CCc3ccccc32)cnn1Cc1ccccc1. The number of nitrogens with one attached hydrogen (secondary N) is 1. The highest BCUT2D eigenvalue weighted by Crippen LogP contribution is 2.31. The Hall–Kier alpha value is -2.88. The van der Waals surface area contributed by atoms with E-state index in [0.29, 0.717) is 12.1 Å². The molecule has 4 heteroatoms. The fourth-order valence-electron chi connectivity index (χ4n) is 3.81. The van der Waals surface area contributed by atoms with Gasteiger partial charge in [0.1, 0.15) is 0 Å². The molecule has 0 radical (unpaired) electrons. The molecule has 0 saturated carbocycles. The van der Waals surface area contributed by atoms with Gasteiger partial charge in [0.2, 0.25) is 0 Å². The lowest BCUT2D eigenvalue weighted by molar-refractivity contribution is 0.0935. The Labute approximate surface area is 153 Å². The number of fused-ring (bicyclic) bond motifs is 1. The lowest BCUT2D eigenvalue weighted by Gasteiger charge is -2.14. The molecule has 1 aromatic heterocycles. The van der Waals surface area contributed by atoms with Gasteiger partial charge in [-0.2, -0.15) is 5.10 Å². The number of carbonyl (C=O) groups is 1. The van der Waals surface area contributed by atoms with Crippen LogP contribution in [0.4, 0.5) is 0 Å². The summed E-state index contributed by atoms with van der Waals surface area (Å²) in [5, 5.41) is 7.69. The summed E-state index contributed by atoms with van der Waals surface area (Å²) in [5.41, 5.74) is 5.44. The van der Waals surface area contributed by atoms with Gasteiger partial charge in [-0.25, -0.2) is 0 Å². The molecule has 2 aromatic carbocycles. The van der Waals surface area contributed by atoms with Crippen LogP contribution in [0.15, 0.2) is 60.8 Å². The number of benzene rings is 2. The summed E-state index contributed by atoms with van der Waals surface area (Å²) < 4.78 is 1.94. The van der Waals surface area contributed by atoms with Gasteiger partial charge < -0.3 is 5.32 Å². The number of carbonyl (C=O) groups excluding carboxylic acids is 1. The molecule has 0 fully saturated rings. The van der Waals surface area contributed by atoms with Crippen LogP contribution in [0.3, 0.4) is 0 Å². The molecule has 1 aliphatic carbocycles. The van der Waals surface area contributed by atoms with Gasteiger partial charge in [0.25, 0.3) is 5.91 Å². The second-order valence-corrected chi connectivity index (χ2v) is 6.77. The summed E-state index contributed by atoms with van der Waals surface area (Å²) in [6, 6.07) is 18.7. The van der Waals surface area contributed by atoms with Crippen molar-refractivity contribution < 1.29 is 4.79 Å². The number of aryl methyl sites for hydroxylation is 1. The molecule has 0 bridgehead atoms. The first kappa shape index (κ1) is 16.6. The number of hydrogen-bond acceptors (Lipinski definition) is 2. The van der Waals surface area contributed by atoms with E-state index >= 15 is 0 Å². The van der Waals surface area contributed by atoms with Crippen molar-refractivity contribution in [1.82, 2.24) is 15.1 Å². The summed E-state index contributed by atoms with van der Waals surface area (Å²) >= 11 is 0. The quantitative estimate of drug-likeness (QED) is 0.762. The number of aromatic nitrogens is 2. The van der Waals surface area contributed by atoms with E-state index in [2.05, 4.69) is 47.7 Å². The molecule has 0 spiro atoms. The van der Waals surface area contributed by atoms with E-state index in [4.69, 9.17) is 0 Å². The Morgan fingerprint density at radius 2 is 1.92 bits per heavy atom. The first-order valence-electron chi connectivity index (χ1n) is 9.23. The zero-order valence-electron chi connectivity index (χ0n) is 15.0. The Balaban J connectivity index is 1.53. The van der Waals surface area contributed by atoms with E-state index in [1.165, 1.54) is 16.7 Å². The fraction of sp³-hybridized carbons (Fsp3) is 0.273. The van der Waals surface area contributed by atoms with Crippen LogP contribution in [-0.4, -0.2) is 15.7 Å². The second kappa shape index (κ2) is 7.16. The van der Waals surface area contributed by atoms with Crippen LogP contribution in [0.2, 0.25) is 0 Å². The Morgan fingerprint density at radius 1 is 1.15 bits per heavy atom. The maximum atomic E-state index is 12.9. The normalized spacial score (nSPS) is 15.7. The van der Waals surface area contributed by atoms with Crippen LogP contribution in [-0.2, 0) is 19.4 Å². The minimum atomic E-state index is -0.0251. The predicted molar refractivity (Wildman–Crippen MR) is 102 cm³/mol. The van der Waals surface area contributed by atoms with E-state index < -0.39 is 0 Å². The van der Waals surface area contributed by atoms with Crippen molar-refractivity contribution in [3.8, 4) is 0 Å². The summed E-state index contributed by atoms with van der Waals surface area (Å²) in [7, 11) is 0. The zero-order valence-corrected chi connectivity index (χ0v) is 15.0. The fourth-order valence-corrected chi connectivity index (χ4v) is 3.81. The number of hydrogen-bond donors (Lipinski definition) is 1. The van der Waals surface area contributed by atoms with Crippen LogP contribution < -0.4 is 5.32 Å². The minimum absolute atomic E-state index is 0.0251. The number of amides is 1. The molecule has 1 amide bonds. The molecular formula is C22H23N3O. The van der Waals surface area contributed by atoms with Crippen LogP contribution in [0.1, 0.15) is 52.1 Å². The third kappa shape index (κ3) is 3.15. The third-order valence-electron chi connectivity index (χ3n) is 5.14. The molecule has 132 valence electrons. The van der Waals surface area contributed by atoms with E-state index in [0.717, 1.165) is 25.0 Å². The molecule has 4 nitrogen and oxygen atoms in total. The van der Waals surface area contributed by atoms with Crippen molar-refractivity contribution in [2.24, 2.45) is 0 Å². The summed E-state index contributed by atoms with van der Waals surface area (Å²) in [4.78, 5) is 12.9. The molecule has 1 heterocycles. The standard InChI is InChI=1S/C22H23N3O/c1-2-21-19(14-23-25(21)15-16-8-4-3-5-9-16)22(26)24-20-13-12-17-10-6-7-11-18(17)20/h3-11,14,20H,2,12-13,15H2,1H3,(H,24,26). The maximum absolute atomic E-state index is 12.9. The Bertz CT molecular complexity index is 914. The second-order valence-electron chi connectivity index (χ2n) is 6.77. The lowest BCUT2D eigenvalue weighted by Crippen LogP contribution is -2.27. The lowest BCUT2D eigenvalue weighted by atomic mass is 10.1. The van der Waals surface area contributed by atoms with Crippen LogP contribution >= 0.6 is 0 Å². The van der Waals surface area contributed by atoms with Crippen LogP contribution in [0.5, 0.6) is 0 Å². The maximum Gasteiger partial charge on any atom is 0.255 e. The average Bonchev–Trinajstić information content (AvgIpc) is 3.27. The van der Waals surface area contributed by atoms with Gasteiger partial charge in [-0.15, -0.1) is 0 Å². The van der Waals surface area contributed by atoms with Crippen molar-refractivity contribution in [3.05, 3.63) is 88.7 Å². The summed E-state index contributed by atoms with van der Waals surface area (Å²) in [6.45, 7) is 2.75.